The molecule has 2 heterocycles. The van der Waals surface area contributed by atoms with Crippen molar-refractivity contribution in [2.24, 2.45) is 5.92 Å². The smallest absolute Gasteiger partial charge is 0.220 e. The normalized spacial score (nSPS) is 21.3. The van der Waals surface area contributed by atoms with E-state index < -0.39 is 0 Å². The molecule has 0 unspecified atom stereocenters. The zero-order valence-electron chi connectivity index (χ0n) is 13.1. The maximum Gasteiger partial charge on any atom is 0.220 e. The van der Waals surface area contributed by atoms with Crippen molar-refractivity contribution in [1.29, 1.82) is 0 Å². The molecule has 1 aliphatic heterocycles. The molecule has 1 aliphatic carbocycles. The van der Waals surface area contributed by atoms with E-state index in [9.17, 15) is 4.79 Å². The highest BCUT2D eigenvalue weighted by atomic mass is 32.1. The number of rotatable bonds is 5. The number of piperidine rings is 1. The number of hydrogen-bond donors (Lipinski definition) is 2. The van der Waals surface area contributed by atoms with E-state index in [2.05, 4.69) is 15.2 Å². The lowest BCUT2D eigenvalue weighted by Crippen LogP contribution is -2.44. The fourth-order valence-corrected chi connectivity index (χ4v) is 4.34. The second-order valence-electron chi connectivity index (χ2n) is 6.64. The number of anilines is 1. The van der Waals surface area contributed by atoms with Gasteiger partial charge in [0.05, 0.1) is 0 Å². The number of nitrogen functional groups attached to an aromatic ring is 1. The van der Waals surface area contributed by atoms with Gasteiger partial charge in [0.1, 0.15) is 0 Å². The van der Waals surface area contributed by atoms with Crippen molar-refractivity contribution in [2.45, 2.75) is 57.5 Å². The van der Waals surface area contributed by atoms with Gasteiger partial charge in [0.2, 0.25) is 5.91 Å². The summed E-state index contributed by atoms with van der Waals surface area (Å²) in [6, 6.07) is 0.358. The summed E-state index contributed by atoms with van der Waals surface area (Å²) >= 11 is 1.57. The molecule has 5 nitrogen and oxygen atoms in total. The summed E-state index contributed by atoms with van der Waals surface area (Å²) in [5, 5.41) is 3.88. The van der Waals surface area contributed by atoms with E-state index in [-0.39, 0.29) is 5.91 Å². The van der Waals surface area contributed by atoms with Crippen molar-refractivity contribution in [3.63, 3.8) is 0 Å². The Morgan fingerprint density at radius 3 is 2.68 bits per heavy atom. The number of hydrogen-bond acceptors (Lipinski definition) is 5. The fourth-order valence-electron chi connectivity index (χ4n) is 3.61. The SMILES string of the molecule is Nc1ncc(CN2CCC(NC(=O)CC3CCCC3)CC2)s1. The molecule has 0 bridgehead atoms. The Labute approximate surface area is 136 Å². The summed E-state index contributed by atoms with van der Waals surface area (Å²) in [6.45, 7) is 3.00. The van der Waals surface area contributed by atoms with Crippen LogP contribution in [0.1, 0.15) is 49.8 Å². The van der Waals surface area contributed by atoms with Crippen LogP contribution in [0.5, 0.6) is 0 Å². The molecule has 1 aromatic rings. The Morgan fingerprint density at radius 1 is 1.32 bits per heavy atom. The first-order valence-corrected chi connectivity index (χ1v) is 9.22. The summed E-state index contributed by atoms with van der Waals surface area (Å²) in [5.41, 5.74) is 5.67. The molecule has 1 amide bonds. The summed E-state index contributed by atoms with van der Waals surface area (Å²) in [5.74, 6) is 0.900. The average molecular weight is 322 g/mol. The van der Waals surface area contributed by atoms with Crippen molar-refractivity contribution in [1.82, 2.24) is 15.2 Å². The predicted molar refractivity (Wildman–Crippen MR) is 89.5 cm³/mol. The van der Waals surface area contributed by atoms with Gasteiger partial charge in [-0.15, -0.1) is 11.3 Å². The van der Waals surface area contributed by atoms with Crippen LogP contribution in [0.25, 0.3) is 0 Å². The van der Waals surface area contributed by atoms with Gasteiger partial charge in [0.25, 0.3) is 0 Å². The largest absolute Gasteiger partial charge is 0.375 e. The van der Waals surface area contributed by atoms with Crippen molar-refractivity contribution in [2.75, 3.05) is 18.8 Å². The highest BCUT2D eigenvalue weighted by molar-refractivity contribution is 7.15. The molecule has 2 aliphatic rings. The van der Waals surface area contributed by atoms with Gasteiger partial charge >= 0.3 is 0 Å². The van der Waals surface area contributed by atoms with Gasteiger partial charge in [-0.2, -0.15) is 0 Å². The van der Waals surface area contributed by atoms with Gasteiger partial charge in [0, 0.05) is 43.2 Å². The summed E-state index contributed by atoms with van der Waals surface area (Å²) in [4.78, 5) is 19.8. The van der Waals surface area contributed by atoms with Crippen LogP contribution < -0.4 is 11.1 Å². The third-order valence-electron chi connectivity index (χ3n) is 4.85. The minimum atomic E-state index is 0.264. The van der Waals surface area contributed by atoms with Gasteiger partial charge in [0.15, 0.2) is 5.13 Å². The second-order valence-corrected chi connectivity index (χ2v) is 7.78. The van der Waals surface area contributed by atoms with Crippen LogP contribution in [0.4, 0.5) is 5.13 Å². The van der Waals surface area contributed by atoms with Crippen LogP contribution >= 0.6 is 11.3 Å². The zero-order chi connectivity index (χ0) is 15.4. The first-order valence-electron chi connectivity index (χ1n) is 8.41. The number of amides is 1. The lowest BCUT2D eigenvalue weighted by Gasteiger charge is -2.32. The van der Waals surface area contributed by atoms with E-state index in [1.165, 1.54) is 30.6 Å². The highest BCUT2D eigenvalue weighted by Crippen LogP contribution is 2.27. The van der Waals surface area contributed by atoms with Gasteiger partial charge in [-0.1, -0.05) is 12.8 Å². The van der Waals surface area contributed by atoms with Crippen LogP contribution in [-0.4, -0.2) is 34.9 Å². The summed E-state index contributed by atoms with van der Waals surface area (Å²) in [7, 11) is 0. The number of thiazole rings is 1. The Balaban J connectivity index is 1.37. The monoisotopic (exact) mass is 322 g/mol. The molecule has 3 rings (SSSR count). The third kappa shape index (κ3) is 4.43. The topological polar surface area (TPSA) is 71.2 Å². The van der Waals surface area contributed by atoms with Crippen LogP contribution in [-0.2, 0) is 11.3 Å². The number of carbonyl (C=O) groups excluding carboxylic acids is 1. The average Bonchev–Trinajstić information content (AvgIpc) is 3.13. The lowest BCUT2D eigenvalue weighted by molar-refractivity contribution is -0.123. The van der Waals surface area contributed by atoms with E-state index in [0.29, 0.717) is 17.1 Å². The predicted octanol–water partition coefficient (Wildman–Crippen LogP) is 2.39. The molecule has 22 heavy (non-hydrogen) atoms. The molecule has 0 spiro atoms. The van der Waals surface area contributed by atoms with Crippen LogP contribution in [0, 0.1) is 5.92 Å². The number of nitrogens with zero attached hydrogens (tertiary/aromatic N) is 2. The molecular formula is C16H26N4OS. The molecule has 1 saturated heterocycles. The standard InChI is InChI=1S/C16H26N4OS/c17-16-18-10-14(22-16)11-20-7-5-13(6-8-20)19-15(21)9-12-3-1-2-4-12/h10,12-13H,1-9,11H2,(H2,17,18)(H,19,21). The van der Waals surface area contributed by atoms with Crippen LogP contribution in [0.2, 0.25) is 0 Å². The minimum Gasteiger partial charge on any atom is -0.375 e. The Bertz CT molecular complexity index is 490. The van der Waals surface area contributed by atoms with Gasteiger partial charge < -0.3 is 11.1 Å². The van der Waals surface area contributed by atoms with Crippen LogP contribution in [0.15, 0.2) is 6.20 Å². The highest BCUT2D eigenvalue weighted by Gasteiger charge is 2.23. The van der Waals surface area contributed by atoms with E-state index in [4.69, 9.17) is 5.73 Å². The summed E-state index contributed by atoms with van der Waals surface area (Å²) < 4.78 is 0. The number of nitrogens with two attached hydrogens (primary N) is 1. The quantitative estimate of drug-likeness (QED) is 0.873. The number of aromatic nitrogens is 1. The van der Waals surface area contributed by atoms with Crippen molar-refractivity contribution in [3.05, 3.63) is 11.1 Å². The first kappa shape index (κ1) is 15.7. The van der Waals surface area contributed by atoms with Crippen LogP contribution in [0.3, 0.4) is 0 Å². The van der Waals surface area contributed by atoms with Gasteiger partial charge in [-0.3, -0.25) is 9.69 Å². The molecule has 1 aromatic heterocycles. The van der Waals surface area contributed by atoms with E-state index in [1.54, 1.807) is 11.3 Å². The van der Waals surface area contributed by atoms with Gasteiger partial charge in [-0.25, -0.2) is 4.98 Å². The number of likely N-dealkylation sites (tertiary alicyclic amines) is 1. The molecular weight excluding hydrogens is 296 g/mol. The van der Waals surface area contributed by atoms with Gasteiger partial charge in [-0.05, 0) is 31.6 Å². The Morgan fingerprint density at radius 2 is 2.05 bits per heavy atom. The second kappa shape index (κ2) is 7.42. The van der Waals surface area contributed by atoms with E-state index >= 15 is 0 Å². The molecule has 0 aromatic carbocycles. The molecule has 6 heteroatoms. The number of nitrogens with one attached hydrogen (secondary N) is 1. The number of carbonyl (C=O) groups is 1. The van der Waals surface area contributed by atoms with E-state index in [1.807, 2.05) is 6.20 Å². The maximum absolute atomic E-state index is 12.1. The van der Waals surface area contributed by atoms with Crippen molar-refractivity contribution >= 4 is 22.4 Å². The molecule has 0 atom stereocenters. The first-order chi connectivity index (χ1) is 10.7. The Hall–Kier alpha value is -1.14. The fraction of sp³-hybridized carbons (Fsp3) is 0.750. The molecule has 0 radical (unpaired) electrons. The van der Waals surface area contributed by atoms with Crippen molar-refractivity contribution in [3.8, 4) is 0 Å². The Kier molecular flexibility index (Phi) is 5.31. The third-order valence-corrected chi connectivity index (χ3v) is 5.66. The molecule has 1 saturated carbocycles. The minimum absolute atomic E-state index is 0.264. The zero-order valence-corrected chi connectivity index (χ0v) is 13.9. The lowest BCUT2D eigenvalue weighted by atomic mass is 10.0. The van der Waals surface area contributed by atoms with Crippen molar-refractivity contribution < 1.29 is 4.79 Å². The summed E-state index contributed by atoms with van der Waals surface area (Å²) in [6.07, 6.45) is 9.79. The molecule has 3 N–H and O–H groups in total. The maximum atomic E-state index is 12.1. The molecule has 2 fully saturated rings. The van der Waals surface area contributed by atoms with E-state index in [0.717, 1.165) is 38.9 Å². The molecule has 122 valence electrons.